The van der Waals surface area contributed by atoms with E-state index in [1.165, 1.54) is 0 Å². The maximum absolute atomic E-state index is 14.2. The molecular formula is C20H20F2N2O2. The Bertz CT molecular complexity index is 865. The number of phenols is 1. The first-order valence-corrected chi connectivity index (χ1v) is 8.24. The molecule has 1 aliphatic rings. The molecule has 2 aromatic carbocycles. The molecule has 1 amide bonds. The van der Waals surface area contributed by atoms with Gasteiger partial charge in [-0.3, -0.25) is 4.79 Å². The molecular weight excluding hydrogens is 338 g/mol. The third-order valence-corrected chi connectivity index (χ3v) is 4.29. The normalized spacial score (nSPS) is 16.9. The first kappa shape index (κ1) is 18.1. The minimum Gasteiger partial charge on any atom is -0.508 e. The third kappa shape index (κ3) is 3.75. The van der Waals surface area contributed by atoms with Gasteiger partial charge in [0.2, 0.25) is 5.91 Å². The van der Waals surface area contributed by atoms with Crippen molar-refractivity contribution in [2.24, 2.45) is 0 Å². The molecule has 1 aliphatic heterocycles. The lowest BCUT2D eigenvalue weighted by Gasteiger charge is -2.26. The molecule has 2 aromatic rings. The maximum Gasteiger partial charge on any atom is 0.237 e. The standard InChI is InChI=1S/C20H20F2N2O2/c1-23(2)12-20(26)24-11-14(17-10-15(21)6-7-18(17)22)9-19(24)13-4-3-5-16(25)8-13/h3-10,19,25H,11-12H2,1-2H3/t19-/m0/s1. The van der Waals surface area contributed by atoms with Crippen molar-refractivity contribution in [3.05, 3.63) is 71.3 Å². The molecule has 26 heavy (non-hydrogen) atoms. The van der Waals surface area contributed by atoms with Crippen molar-refractivity contribution >= 4 is 11.5 Å². The number of benzene rings is 2. The van der Waals surface area contributed by atoms with Crippen molar-refractivity contribution in [2.45, 2.75) is 6.04 Å². The van der Waals surface area contributed by atoms with Crippen molar-refractivity contribution in [1.29, 1.82) is 0 Å². The lowest BCUT2D eigenvalue weighted by molar-refractivity contribution is -0.132. The van der Waals surface area contributed by atoms with Crippen LogP contribution in [0.3, 0.4) is 0 Å². The highest BCUT2D eigenvalue weighted by Gasteiger charge is 2.31. The van der Waals surface area contributed by atoms with Gasteiger partial charge in [0.05, 0.1) is 12.6 Å². The number of aromatic hydroxyl groups is 1. The Labute approximate surface area is 151 Å². The molecule has 1 heterocycles. The van der Waals surface area contributed by atoms with Crippen molar-refractivity contribution in [1.82, 2.24) is 9.80 Å². The molecule has 4 nitrogen and oxygen atoms in total. The molecule has 1 atom stereocenters. The van der Waals surface area contributed by atoms with Gasteiger partial charge in [-0.25, -0.2) is 8.78 Å². The van der Waals surface area contributed by atoms with E-state index in [1.54, 1.807) is 54.2 Å². The Morgan fingerprint density at radius 3 is 2.69 bits per heavy atom. The van der Waals surface area contributed by atoms with Gasteiger partial charge in [-0.1, -0.05) is 18.2 Å². The van der Waals surface area contributed by atoms with Gasteiger partial charge in [0.1, 0.15) is 17.4 Å². The van der Waals surface area contributed by atoms with Gasteiger partial charge in [0, 0.05) is 12.1 Å². The summed E-state index contributed by atoms with van der Waals surface area (Å²) in [5, 5.41) is 9.77. The summed E-state index contributed by atoms with van der Waals surface area (Å²) in [6.07, 6.45) is 1.75. The van der Waals surface area contributed by atoms with Crippen molar-refractivity contribution in [3.8, 4) is 5.75 Å². The Kier molecular flexibility index (Phi) is 5.04. The van der Waals surface area contributed by atoms with Gasteiger partial charge >= 0.3 is 0 Å². The van der Waals surface area contributed by atoms with Gasteiger partial charge in [-0.2, -0.15) is 0 Å². The van der Waals surface area contributed by atoms with Crippen LogP contribution in [0.5, 0.6) is 5.75 Å². The zero-order valence-corrected chi connectivity index (χ0v) is 14.6. The highest BCUT2D eigenvalue weighted by Crippen LogP contribution is 2.36. The number of carbonyl (C=O) groups excluding carboxylic acids is 1. The van der Waals surface area contributed by atoms with E-state index in [1.807, 2.05) is 0 Å². The zero-order valence-electron chi connectivity index (χ0n) is 14.6. The predicted octanol–water partition coefficient (Wildman–Crippen LogP) is 3.20. The summed E-state index contributed by atoms with van der Waals surface area (Å²) >= 11 is 0. The van der Waals surface area contributed by atoms with Gasteiger partial charge in [0.25, 0.3) is 0 Å². The molecule has 1 N–H and O–H groups in total. The fraction of sp³-hybridized carbons (Fsp3) is 0.250. The minimum absolute atomic E-state index is 0.0845. The quantitative estimate of drug-likeness (QED) is 0.913. The lowest BCUT2D eigenvalue weighted by atomic mass is 10.0. The second-order valence-corrected chi connectivity index (χ2v) is 6.62. The Morgan fingerprint density at radius 2 is 2.00 bits per heavy atom. The summed E-state index contributed by atoms with van der Waals surface area (Å²) in [5.41, 5.74) is 1.40. The van der Waals surface area contributed by atoms with Crippen molar-refractivity contribution < 1.29 is 18.7 Å². The SMILES string of the molecule is CN(C)CC(=O)N1CC(c2cc(F)ccc2F)=C[C@H]1c1cccc(O)c1. The van der Waals surface area contributed by atoms with E-state index in [4.69, 9.17) is 0 Å². The molecule has 3 rings (SSSR count). The van der Waals surface area contributed by atoms with Crippen molar-refractivity contribution in [3.63, 3.8) is 0 Å². The summed E-state index contributed by atoms with van der Waals surface area (Å²) < 4.78 is 27.8. The molecule has 6 heteroatoms. The topological polar surface area (TPSA) is 43.8 Å². The van der Waals surface area contributed by atoms with Crippen LogP contribution in [-0.4, -0.2) is 48.0 Å². The fourth-order valence-corrected chi connectivity index (χ4v) is 3.12. The van der Waals surface area contributed by atoms with E-state index < -0.39 is 17.7 Å². The second kappa shape index (κ2) is 7.25. The van der Waals surface area contributed by atoms with Crippen molar-refractivity contribution in [2.75, 3.05) is 27.2 Å². The summed E-state index contributed by atoms with van der Waals surface area (Å²) in [5.74, 6) is -1.11. The number of rotatable bonds is 4. The summed E-state index contributed by atoms with van der Waals surface area (Å²) in [6, 6.07) is 9.43. The number of phenolic OH excluding ortho intramolecular Hbond substituents is 1. The smallest absolute Gasteiger partial charge is 0.237 e. The van der Waals surface area contributed by atoms with E-state index in [0.29, 0.717) is 11.1 Å². The number of carbonyl (C=O) groups is 1. The van der Waals surface area contributed by atoms with E-state index in [9.17, 15) is 18.7 Å². The van der Waals surface area contributed by atoms with Crippen LogP contribution in [0.25, 0.3) is 5.57 Å². The first-order valence-electron chi connectivity index (χ1n) is 8.24. The number of halogens is 2. The molecule has 0 aliphatic carbocycles. The average Bonchev–Trinajstić information content (AvgIpc) is 3.02. The number of hydrogen-bond acceptors (Lipinski definition) is 3. The van der Waals surface area contributed by atoms with E-state index in [0.717, 1.165) is 18.2 Å². The number of nitrogens with zero attached hydrogens (tertiary/aromatic N) is 2. The Hall–Kier alpha value is -2.73. The molecule has 0 unspecified atom stereocenters. The van der Waals surface area contributed by atoms with Gasteiger partial charge < -0.3 is 14.9 Å². The highest BCUT2D eigenvalue weighted by molar-refractivity contribution is 5.84. The van der Waals surface area contributed by atoms with Crippen LogP contribution in [-0.2, 0) is 4.79 Å². The average molecular weight is 358 g/mol. The van der Waals surface area contributed by atoms with Crippen LogP contribution in [0.1, 0.15) is 17.2 Å². The molecule has 0 aromatic heterocycles. The van der Waals surface area contributed by atoms with Crippen LogP contribution in [0.4, 0.5) is 8.78 Å². The molecule has 0 fully saturated rings. The lowest BCUT2D eigenvalue weighted by Crippen LogP contribution is -2.38. The predicted molar refractivity (Wildman–Crippen MR) is 95.4 cm³/mol. The number of hydrogen-bond donors (Lipinski definition) is 1. The third-order valence-electron chi connectivity index (χ3n) is 4.29. The van der Waals surface area contributed by atoms with Crippen LogP contribution in [0.15, 0.2) is 48.5 Å². The largest absolute Gasteiger partial charge is 0.508 e. The van der Waals surface area contributed by atoms with Crippen LogP contribution < -0.4 is 0 Å². The molecule has 136 valence electrons. The molecule has 0 radical (unpaired) electrons. The monoisotopic (exact) mass is 358 g/mol. The van der Waals surface area contributed by atoms with Crippen LogP contribution in [0.2, 0.25) is 0 Å². The Morgan fingerprint density at radius 1 is 1.23 bits per heavy atom. The fourth-order valence-electron chi connectivity index (χ4n) is 3.12. The summed E-state index contributed by atoms with van der Waals surface area (Å²) in [7, 11) is 3.58. The zero-order chi connectivity index (χ0) is 18.8. The number of likely N-dealkylation sites (N-methyl/N-ethyl adjacent to an activating group) is 1. The number of amides is 1. The van der Waals surface area contributed by atoms with E-state index in [-0.39, 0.29) is 30.3 Å². The van der Waals surface area contributed by atoms with E-state index in [2.05, 4.69) is 0 Å². The first-order chi connectivity index (χ1) is 12.3. The van der Waals surface area contributed by atoms with Crippen LogP contribution >= 0.6 is 0 Å². The van der Waals surface area contributed by atoms with E-state index >= 15 is 0 Å². The molecule has 0 saturated heterocycles. The maximum atomic E-state index is 14.2. The second-order valence-electron chi connectivity index (χ2n) is 6.62. The summed E-state index contributed by atoms with van der Waals surface area (Å²) in [4.78, 5) is 16.0. The van der Waals surface area contributed by atoms with Crippen LogP contribution in [0, 0.1) is 11.6 Å². The highest BCUT2D eigenvalue weighted by atomic mass is 19.1. The molecule has 0 bridgehead atoms. The molecule has 0 spiro atoms. The van der Waals surface area contributed by atoms with Gasteiger partial charge in [-0.05, 0) is 55.6 Å². The minimum atomic E-state index is -0.533. The van der Waals surface area contributed by atoms with Gasteiger partial charge in [-0.15, -0.1) is 0 Å². The van der Waals surface area contributed by atoms with Gasteiger partial charge in [0.15, 0.2) is 0 Å². The Balaban J connectivity index is 2.01. The molecule has 0 saturated carbocycles. The summed E-state index contributed by atoms with van der Waals surface area (Å²) in [6.45, 7) is 0.370.